The largest absolute Gasteiger partial charge is 0.416 e. The highest BCUT2D eigenvalue weighted by Crippen LogP contribution is 2.34. The maximum atomic E-state index is 12.9. The summed E-state index contributed by atoms with van der Waals surface area (Å²) in [5, 5.41) is 0. The van der Waals surface area contributed by atoms with Crippen LogP contribution in [0.5, 0.6) is 0 Å². The fourth-order valence-electron chi connectivity index (χ4n) is 2.47. The first-order chi connectivity index (χ1) is 8.86. The molecule has 19 heavy (non-hydrogen) atoms. The van der Waals surface area contributed by atoms with E-state index in [0.717, 1.165) is 12.6 Å². The third-order valence-corrected chi connectivity index (χ3v) is 3.67. The second-order valence-electron chi connectivity index (χ2n) is 5.41. The fraction of sp³-hybridized carbons (Fsp3) is 0.571. The first-order valence-electron chi connectivity index (χ1n) is 6.50. The molecule has 2 N–H and O–H groups in total. The molecule has 0 spiro atoms. The Labute approximate surface area is 111 Å². The normalized spacial score (nSPS) is 16.7. The fourth-order valence-corrected chi connectivity index (χ4v) is 2.47. The standard InChI is InChI=1S/C14H19F3N2/c1-19(8-10-3-2-4-10)9-11-5-6-12(18)7-13(11)14(15,16)17/h5-7,10H,2-4,8-9,18H2,1H3. The van der Waals surface area contributed by atoms with Crippen molar-refractivity contribution in [2.45, 2.75) is 32.0 Å². The van der Waals surface area contributed by atoms with Crippen molar-refractivity contribution in [1.82, 2.24) is 4.90 Å². The monoisotopic (exact) mass is 272 g/mol. The molecule has 0 aliphatic heterocycles. The molecule has 0 amide bonds. The quantitative estimate of drug-likeness (QED) is 0.850. The van der Waals surface area contributed by atoms with E-state index < -0.39 is 11.7 Å². The van der Waals surface area contributed by atoms with Crippen molar-refractivity contribution < 1.29 is 13.2 Å². The van der Waals surface area contributed by atoms with Crippen molar-refractivity contribution >= 4 is 5.69 Å². The lowest BCUT2D eigenvalue weighted by molar-refractivity contribution is -0.138. The van der Waals surface area contributed by atoms with Crippen LogP contribution < -0.4 is 5.73 Å². The summed E-state index contributed by atoms with van der Waals surface area (Å²) in [4.78, 5) is 1.96. The van der Waals surface area contributed by atoms with Gasteiger partial charge in [-0.1, -0.05) is 12.5 Å². The van der Waals surface area contributed by atoms with Crippen LogP contribution in [0, 0.1) is 5.92 Å². The van der Waals surface area contributed by atoms with Crippen LogP contribution in [0.2, 0.25) is 0 Å². The van der Waals surface area contributed by atoms with Crippen LogP contribution in [-0.2, 0) is 12.7 Å². The highest BCUT2D eigenvalue weighted by atomic mass is 19.4. The number of nitrogens with zero attached hydrogens (tertiary/aromatic N) is 1. The van der Waals surface area contributed by atoms with Crippen molar-refractivity contribution in [2.24, 2.45) is 5.92 Å². The SMILES string of the molecule is CN(Cc1ccc(N)cc1C(F)(F)F)CC1CCC1. The number of alkyl halides is 3. The summed E-state index contributed by atoms with van der Waals surface area (Å²) in [5.41, 5.74) is 5.28. The van der Waals surface area contributed by atoms with Gasteiger partial charge in [-0.3, -0.25) is 0 Å². The van der Waals surface area contributed by atoms with Crippen LogP contribution in [0.1, 0.15) is 30.4 Å². The Bertz CT molecular complexity index is 439. The summed E-state index contributed by atoms with van der Waals surface area (Å²) in [5.74, 6) is 0.646. The van der Waals surface area contributed by atoms with E-state index in [1.165, 1.54) is 31.4 Å². The van der Waals surface area contributed by atoms with E-state index >= 15 is 0 Å². The van der Waals surface area contributed by atoms with Gasteiger partial charge in [-0.15, -0.1) is 0 Å². The van der Waals surface area contributed by atoms with Crippen LogP contribution in [0.15, 0.2) is 18.2 Å². The van der Waals surface area contributed by atoms with Crippen molar-refractivity contribution in [3.63, 3.8) is 0 Å². The number of benzene rings is 1. The molecule has 106 valence electrons. The number of nitrogens with two attached hydrogens (primary N) is 1. The highest BCUT2D eigenvalue weighted by Gasteiger charge is 2.33. The van der Waals surface area contributed by atoms with Gasteiger partial charge < -0.3 is 10.6 Å². The van der Waals surface area contributed by atoms with Gasteiger partial charge in [-0.25, -0.2) is 0 Å². The molecule has 0 unspecified atom stereocenters. The third-order valence-electron chi connectivity index (χ3n) is 3.67. The molecule has 1 aromatic carbocycles. The van der Waals surface area contributed by atoms with Crippen molar-refractivity contribution in [2.75, 3.05) is 19.3 Å². The lowest BCUT2D eigenvalue weighted by Gasteiger charge is -2.30. The number of rotatable bonds is 4. The molecule has 0 aromatic heterocycles. The van der Waals surface area contributed by atoms with Crippen LogP contribution in [0.3, 0.4) is 0 Å². The van der Waals surface area contributed by atoms with Gasteiger partial charge in [0.1, 0.15) is 0 Å². The van der Waals surface area contributed by atoms with Gasteiger partial charge in [-0.05, 0) is 43.5 Å². The van der Waals surface area contributed by atoms with E-state index in [2.05, 4.69) is 0 Å². The Morgan fingerprint density at radius 3 is 2.53 bits per heavy atom. The number of halogens is 3. The van der Waals surface area contributed by atoms with Gasteiger partial charge in [0.05, 0.1) is 5.56 Å². The number of nitrogen functional groups attached to an aromatic ring is 1. The molecular formula is C14H19F3N2. The molecule has 1 aliphatic carbocycles. The molecular weight excluding hydrogens is 253 g/mol. The average molecular weight is 272 g/mol. The lowest BCUT2D eigenvalue weighted by Crippen LogP contribution is -2.29. The molecule has 1 aromatic rings. The van der Waals surface area contributed by atoms with Crippen molar-refractivity contribution in [3.05, 3.63) is 29.3 Å². The van der Waals surface area contributed by atoms with Gasteiger partial charge >= 0.3 is 6.18 Å². The summed E-state index contributed by atoms with van der Waals surface area (Å²) >= 11 is 0. The molecule has 0 heterocycles. The van der Waals surface area contributed by atoms with Crippen molar-refractivity contribution in [3.8, 4) is 0 Å². The van der Waals surface area contributed by atoms with Gasteiger partial charge in [0.25, 0.3) is 0 Å². The van der Waals surface area contributed by atoms with Crippen LogP contribution in [0.4, 0.5) is 18.9 Å². The maximum Gasteiger partial charge on any atom is 0.416 e. The van der Waals surface area contributed by atoms with E-state index in [1.54, 1.807) is 0 Å². The van der Waals surface area contributed by atoms with Crippen LogP contribution >= 0.6 is 0 Å². The molecule has 5 heteroatoms. The van der Waals surface area contributed by atoms with E-state index in [1.807, 2.05) is 11.9 Å². The Hall–Kier alpha value is -1.23. The van der Waals surface area contributed by atoms with Gasteiger partial charge in [0, 0.05) is 18.8 Å². The predicted molar refractivity (Wildman–Crippen MR) is 69.5 cm³/mol. The van der Waals surface area contributed by atoms with Gasteiger partial charge in [0.15, 0.2) is 0 Å². The Balaban J connectivity index is 2.10. The minimum absolute atomic E-state index is 0.151. The second kappa shape index (κ2) is 5.41. The zero-order chi connectivity index (χ0) is 14.0. The molecule has 0 atom stereocenters. The van der Waals surface area contributed by atoms with E-state index in [0.29, 0.717) is 18.0 Å². The molecule has 0 saturated heterocycles. The zero-order valence-corrected chi connectivity index (χ0v) is 11.0. The third kappa shape index (κ3) is 3.62. The summed E-state index contributed by atoms with van der Waals surface area (Å²) in [6.45, 7) is 1.17. The smallest absolute Gasteiger partial charge is 0.399 e. The van der Waals surface area contributed by atoms with Gasteiger partial charge in [-0.2, -0.15) is 13.2 Å². The number of anilines is 1. The predicted octanol–water partition coefficient (Wildman–Crippen LogP) is 3.52. The summed E-state index contributed by atoms with van der Waals surface area (Å²) < 4.78 is 38.8. The molecule has 0 bridgehead atoms. The van der Waals surface area contributed by atoms with E-state index in [9.17, 15) is 13.2 Å². The van der Waals surface area contributed by atoms with Crippen LogP contribution in [-0.4, -0.2) is 18.5 Å². The molecule has 1 aliphatic rings. The van der Waals surface area contributed by atoms with Crippen molar-refractivity contribution in [1.29, 1.82) is 0 Å². The van der Waals surface area contributed by atoms with E-state index in [-0.39, 0.29) is 5.69 Å². The molecule has 2 nitrogen and oxygen atoms in total. The Morgan fingerprint density at radius 2 is 2.00 bits per heavy atom. The second-order valence-corrected chi connectivity index (χ2v) is 5.41. The summed E-state index contributed by atoms with van der Waals surface area (Å²) in [6, 6.07) is 4.03. The first kappa shape index (κ1) is 14.2. The minimum Gasteiger partial charge on any atom is -0.399 e. The minimum atomic E-state index is -4.35. The molecule has 2 rings (SSSR count). The van der Waals surface area contributed by atoms with E-state index in [4.69, 9.17) is 5.73 Å². The first-order valence-corrected chi connectivity index (χ1v) is 6.50. The average Bonchev–Trinajstić information content (AvgIpc) is 2.25. The Kier molecular flexibility index (Phi) is 4.04. The summed E-state index contributed by atoms with van der Waals surface area (Å²) in [7, 11) is 1.87. The Morgan fingerprint density at radius 1 is 1.32 bits per heavy atom. The molecule has 0 radical (unpaired) electrons. The maximum absolute atomic E-state index is 12.9. The zero-order valence-electron chi connectivity index (χ0n) is 11.0. The number of hydrogen-bond donors (Lipinski definition) is 1. The summed E-state index contributed by atoms with van der Waals surface area (Å²) in [6.07, 6.45) is -0.716. The number of hydrogen-bond acceptors (Lipinski definition) is 2. The van der Waals surface area contributed by atoms with Gasteiger partial charge in [0.2, 0.25) is 0 Å². The van der Waals surface area contributed by atoms with Crippen LogP contribution in [0.25, 0.3) is 0 Å². The molecule has 1 saturated carbocycles. The lowest BCUT2D eigenvalue weighted by atomic mass is 9.85. The topological polar surface area (TPSA) is 29.3 Å². The highest BCUT2D eigenvalue weighted by molar-refractivity contribution is 5.46. The molecule has 1 fully saturated rings.